The van der Waals surface area contributed by atoms with Gasteiger partial charge in [0.15, 0.2) is 0 Å². The molecule has 1 heterocycles. The van der Waals surface area contributed by atoms with Crippen LogP contribution < -0.4 is 10.6 Å². The van der Waals surface area contributed by atoms with E-state index in [1.165, 1.54) is 11.1 Å². The van der Waals surface area contributed by atoms with Crippen LogP contribution in [-0.4, -0.2) is 191 Å². The van der Waals surface area contributed by atoms with E-state index in [1.54, 1.807) is 0 Å². The molecule has 0 atom stereocenters. The van der Waals surface area contributed by atoms with E-state index in [9.17, 15) is 24.0 Å². The van der Waals surface area contributed by atoms with Crippen LogP contribution in [0, 0.1) is 0 Å². The smallest absolute Gasteiger partial charge is 0.407 e. The van der Waals surface area contributed by atoms with Crippen LogP contribution in [0.15, 0.2) is 48.5 Å². The van der Waals surface area contributed by atoms with E-state index in [1.807, 2.05) is 106 Å². The Kier molecular flexibility index (Phi) is 21.3. The highest BCUT2D eigenvalue weighted by Gasteiger charge is 2.30. The summed E-state index contributed by atoms with van der Waals surface area (Å²) in [5, 5.41) is 5.67. The van der Waals surface area contributed by atoms with Crippen LogP contribution in [0.1, 0.15) is 79.4 Å². The number of ether oxygens (including phenoxy) is 6. The molecule has 1 saturated heterocycles. The zero-order valence-corrected chi connectivity index (χ0v) is 40.9. The molecule has 0 unspecified atom stereocenters. The Bertz CT molecular complexity index is 1780. The van der Waals surface area contributed by atoms with Gasteiger partial charge in [-0.05, 0) is 84.6 Å². The fourth-order valence-corrected chi connectivity index (χ4v) is 7.60. The topological polar surface area (TPSA) is 178 Å². The molecule has 0 aromatic heterocycles. The van der Waals surface area contributed by atoms with Crippen molar-refractivity contribution in [2.45, 2.75) is 85.0 Å². The summed E-state index contributed by atoms with van der Waals surface area (Å²) in [7, 11) is 0. The molecule has 0 saturated carbocycles. The van der Waals surface area contributed by atoms with Crippen LogP contribution in [-0.2, 0) is 47.6 Å². The first-order chi connectivity index (χ1) is 31.1. The van der Waals surface area contributed by atoms with Gasteiger partial charge in [0.25, 0.3) is 0 Å². The molecule has 0 radical (unpaired) electrons. The second-order valence-electron chi connectivity index (χ2n) is 19.7. The number of hydrogen-bond donors (Lipinski definition) is 2. The predicted molar refractivity (Wildman–Crippen MR) is 251 cm³/mol. The van der Waals surface area contributed by atoms with Crippen LogP contribution in [0.5, 0.6) is 0 Å². The number of esters is 3. The molecule has 2 N–H and O–H groups in total. The molecule has 368 valence electrons. The summed E-state index contributed by atoms with van der Waals surface area (Å²) in [6.07, 6.45) is -0.500. The predicted octanol–water partition coefficient (Wildman–Crippen LogP) is 3.92. The van der Waals surface area contributed by atoms with Crippen molar-refractivity contribution in [3.05, 3.63) is 59.7 Å². The molecule has 0 bridgehead atoms. The number of carbonyl (C=O) groups is 5. The molecule has 2 aromatic carbocycles. The van der Waals surface area contributed by atoms with Gasteiger partial charge in [0.1, 0.15) is 23.4 Å². The summed E-state index contributed by atoms with van der Waals surface area (Å²) in [5.41, 5.74) is 2.69. The monoisotopic (exact) mass is 925 g/mol. The molecule has 2 aromatic rings. The molecular formula is C49H76N6O11. The van der Waals surface area contributed by atoms with Crippen LogP contribution in [0.4, 0.5) is 4.79 Å². The Morgan fingerprint density at radius 2 is 0.848 bits per heavy atom. The maximum Gasteiger partial charge on any atom is 0.407 e. The minimum Gasteiger partial charge on any atom is -0.459 e. The first-order valence-corrected chi connectivity index (χ1v) is 23.2. The second kappa shape index (κ2) is 26.0. The van der Waals surface area contributed by atoms with Gasteiger partial charge in [0.2, 0.25) is 5.91 Å². The van der Waals surface area contributed by atoms with Gasteiger partial charge in [-0.3, -0.25) is 38.8 Å². The van der Waals surface area contributed by atoms with Gasteiger partial charge in [-0.25, -0.2) is 4.79 Å². The van der Waals surface area contributed by atoms with Crippen LogP contribution in [0.3, 0.4) is 0 Å². The van der Waals surface area contributed by atoms with E-state index < -0.39 is 22.9 Å². The molecule has 0 spiro atoms. The quantitative estimate of drug-likeness (QED) is 0.118. The molecular weight excluding hydrogens is 849 g/mol. The van der Waals surface area contributed by atoms with Gasteiger partial charge in [-0.2, -0.15) is 0 Å². The Labute approximate surface area is 392 Å². The van der Waals surface area contributed by atoms with Gasteiger partial charge in [-0.15, -0.1) is 0 Å². The lowest BCUT2D eigenvalue weighted by Crippen LogP contribution is -2.50. The largest absolute Gasteiger partial charge is 0.459 e. The number of nitrogens with one attached hydrogen (secondary N) is 2. The molecule has 1 aliphatic heterocycles. The molecule has 2 aliphatic rings. The standard InChI is InChI=1S/C49H76N6O11/c1-47(2,3)64-43(57)33-53-22-20-52(21-23-54(34-44(58)65-48(4,5)6)25-27-55(26-24-53)35-45(59)66-49(7,8)9)32-42(56)50-18-28-61-30-31-62-29-19-51-46(60)63-36-41-39-16-12-10-14-37(39)38-15-11-13-17-40(38)41/h10-17,41H,18-36H2,1-9H3,(H,50,56)(H,51,60). The average Bonchev–Trinajstić information content (AvgIpc) is 3.52. The van der Waals surface area contributed by atoms with Gasteiger partial charge >= 0.3 is 24.0 Å². The van der Waals surface area contributed by atoms with E-state index >= 15 is 0 Å². The average molecular weight is 925 g/mol. The fourth-order valence-electron chi connectivity index (χ4n) is 7.60. The first-order valence-electron chi connectivity index (χ1n) is 23.2. The van der Waals surface area contributed by atoms with Crippen molar-refractivity contribution in [2.24, 2.45) is 0 Å². The van der Waals surface area contributed by atoms with Crippen LogP contribution in [0.25, 0.3) is 11.1 Å². The number of benzene rings is 2. The summed E-state index contributed by atoms with van der Waals surface area (Å²) < 4.78 is 33.8. The maximum atomic E-state index is 13.3. The third-order valence-electron chi connectivity index (χ3n) is 10.4. The van der Waals surface area contributed by atoms with E-state index in [4.69, 9.17) is 28.4 Å². The molecule has 1 aliphatic carbocycles. The Morgan fingerprint density at radius 1 is 0.500 bits per heavy atom. The Balaban J connectivity index is 1.21. The van der Waals surface area contributed by atoms with Gasteiger partial charge in [0.05, 0.1) is 52.6 Å². The number of alkyl carbamates (subject to hydrolysis) is 1. The highest BCUT2D eigenvalue weighted by molar-refractivity contribution is 5.79. The molecule has 17 nitrogen and oxygen atoms in total. The zero-order valence-electron chi connectivity index (χ0n) is 40.9. The number of amides is 2. The molecule has 2 amide bonds. The van der Waals surface area contributed by atoms with Crippen LogP contribution in [0.2, 0.25) is 0 Å². The molecule has 17 heteroatoms. The summed E-state index contributed by atoms with van der Waals surface area (Å²) in [5.74, 6) is -1.29. The zero-order chi connectivity index (χ0) is 48.3. The van der Waals surface area contributed by atoms with Crippen molar-refractivity contribution in [1.82, 2.24) is 30.2 Å². The summed E-state index contributed by atoms with van der Waals surface area (Å²) in [4.78, 5) is 72.6. The third kappa shape index (κ3) is 20.9. The molecule has 1 fully saturated rings. The summed E-state index contributed by atoms with van der Waals surface area (Å²) >= 11 is 0. The molecule has 66 heavy (non-hydrogen) atoms. The second-order valence-corrected chi connectivity index (χ2v) is 19.7. The minimum absolute atomic E-state index is 0.0110. The van der Waals surface area contributed by atoms with Gasteiger partial charge in [-0.1, -0.05) is 48.5 Å². The highest BCUT2D eigenvalue weighted by Crippen LogP contribution is 2.44. The number of carbonyl (C=O) groups excluding carboxylic acids is 5. The van der Waals surface area contributed by atoms with Crippen molar-refractivity contribution >= 4 is 29.9 Å². The van der Waals surface area contributed by atoms with Crippen molar-refractivity contribution < 1.29 is 52.4 Å². The Hall–Kier alpha value is -4.65. The van der Waals surface area contributed by atoms with E-state index in [0.717, 1.165) is 11.1 Å². The van der Waals surface area contributed by atoms with Crippen molar-refractivity contribution in [3.63, 3.8) is 0 Å². The number of hydrogen-bond acceptors (Lipinski definition) is 15. The van der Waals surface area contributed by atoms with Gasteiger partial charge in [0, 0.05) is 71.4 Å². The number of rotatable bonds is 19. The number of nitrogens with zero attached hydrogens (tertiary/aromatic N) is 4. The van der Waals surface area contributed by atoms with E-state index in [0.29, 0.717) is 72.1 Å². The van der Waals surface area contributed by atoms with E-state index in [2.05, 4.69) is 34.9 Å². The van der Waals surface area contributed by atoms with Crippen molar-refractivity contribution in [3.8, 4) is 11.1 Å². The SMILES string of the molecule is CC(C)(C)OC(=O)CN1CCN(CC(=O)NCCOCCOCCNC(=O)OCC2c3ccccc3-c3ccccc32)CCN(CC(=O)OC(C)(C)C)CCN(CC(=O)OC(C)(C)C)CC1. The lowest BCUT2D eigenvalue weighted by Gasteiger charge is -2.34. The lowest BCUT2D eigenvalue weighted by molar-refractivity contribution is -0.158. The van der Waals surface area contributed by atoms with Crippen molar-refractivity contribution in [2.75, 3.05) is 125 Å². The minimum atomic E-state index is -0.655. The van der Waals surface area contributed by atoms with E-state index in [-0.39, 0.29) is 82.3 Å². The fraction of sp³-hybridized carbons (Fsp3) is 0.653. The maximum absolute atomic E-state index is 13.3. The lowest BCUT2D eigenvalue weighted by atomic mass is 9.98. The van der Waals surface area contributed by atoms with Gasteiger partial charge < -0.3 is 39.1 Å². The third-order valence-corrected chi connectivity index (χ3v) is 10.4. The number of fused-ring (bicyclic) bond motifs is 3. The molecule has 4 rings (SSSR count). The highest BCUT2D eigenvalue weighted by atomic mass is 16.6. The van der Waals surface area contributed by atoms with Crippen LogP contribution >= 0.6 is 0 Å². The summed E-state index contributed by atoms with van der Waals surface area (Å²) in [6.45, 7) is 22.2. The summed E-state index contributed by atoms with van der Waals surface area (Å²) in [6, 6.07) is 16.4. The Morgan fingerprint density at radius 3 is 1.23 bits per heavy atom. The van der Waals surface area contributed by atoms with Crippen molar-refractivity contribution in [1.29, 1.82) is 0 Å². The normalized spacial score (nSPS) is 16.3. The first kappa shape index (κ1) is 54.0.